The second kappa shape index (κ2) is 7.36. The molecular weight excluding hydrogens is 264 g/mol. The van der Waals surface area contributed by atoms with Gasteiger partial charge in [-0.25, -0.2) is 0 Å². The molecule has 1 aromatic rings. The smallest absolute Gasteiger partial charge is 0.0853 e. The summed E-state index contributed by atoms with van der Waals surface area (Å²) in [5, 5.41) is 19.6. The molecule has 0 aromatic heterocycles. The molecule has 0 amide bonds. The highest BCUT2D eigenvalue weighted by atomic mass is 16.3. The van der Waals surface area contributed by atoms with Crippen LogP contribution in [0.1, 0.15) is 25.5 Å². The Balaban J connectivity index is 1.89. The maximum Gasteiger partial charge on any atom is 0.0853 e. The number of aliphatic hydroxyl groups excluding tert-OH is 2. The van der Waals surface area contributed by atoms with Gasteiger partial charge in [-0.1, -0.05) is 44.2 Å². The van der Waals surface area contributed by atoms with Crippen molar-refractivity contribution in [3.8, 4) is 0 Å². The molecule has 4 nitrogen and oxygen atoms in total. The third kappa shape index (κ3) is 4.51. The minimum Gasteiger partial charge on any atom is -0.395 e. The van der Waals surface area contributed by atoms with Crippen LogP contribution < -0.4 is 0 Å². The van der Waals surface area contributed by atoms with Crippen LogP contribution in [-0.4, -0.2) is 65.9 Å². The summed E-state index contributed by atoms with van der Waals surface area (Å²) >= 11 is 0. The Morgan fingerprint density at radius 1 is 1.05 bits per heavy atom. The second-order valence-electron chi connectivity index (χ2n) is 6.64. The van der Waals surface area contributed by atoms with E-state index >= 15 is 0 Å². The van der Waals surface area contributed by atoms with E-state index in [0.717, 1.165) is 44.8 Å². The van der Waals surface area contributed by atoms with Gasteiger partial charge in [0.2, 0.25) is 0 Å². The van der Waals surface area contributed by atoms with E-state index in [1.54, 1.807) is 0 Å². The minimum absolute atomic E-state index is 0.180. The number of hydrogen-bond acceptors (Lipinski definition) is 4. The molecule has 0 aliphatic carbocycles. The fraction of sp³-hybridized carbons (Fsp3) is 0.647. The molecule has 1 heterocycles. The highest BCUT2D eigenvalue weighted by molar-refractivity contribution is 5.19. The molecule has 0 bridgehead atoms. The summed E-state index contributed by atoms with van der Waals surface area (Å²) in [6.07, 6.45) is -0.450. The molecule has 4 heteroatoms. The average Bonchev–Trinajstić information content (AvgIpc) is 2.49. The van der Waals surface area contributed by atoms with Crippen molar-refractivity contribution in [3.63, 3.8) is 0 Å². The summed E-state index contributed by atoms with van der Waals surface area (Å²) in [6, 6.07) is 9.91. The van der Waals surface area contributed by atoms with E-state index in [9.17, 15) is 5.11 Å². The van der Waals surface area contributed by atoms with Gasteiger partial charge in [-0.2, -0.15) is 0 Å². The molecule has 1 atom stereocenters. The van der Waals surface area contributed by atoms with Gasteiger partial charge in [0, 0.05) is 44.7 Å². The van der Waals surface area contributed by atoms with Gasteiger partial charge in [0.1, 0.15) is 0 Å². The Bertz CT molecular complexity index is 414. The van der Waals surface area contributed by atoms with Crippen LogP contribution in [0.5, 0.6) is 0 Å². The molecule has 1 unspecified atom stereocenters. The third-order valence-corrected chi connectivity index (χ3v) is 4.37. The first-order valence-electron chi connectivity index (χ1n) is 7.81. The number of nitrogens with zero attached hydrogens (tertiary/aromatic N) is 2. The van der Waals surface area contributed by atoms with E-state index in [1.807, 2.05) is 30.3 Å². The first-order chi connectivity index (χ1) is 10.0. The largest absolute Gasteiger partial charge is 0.395 e. The lowest BCUT2D eigenvalue weighted by molar-refractivity contribution is 0.00600. The molecule has 118 valence electrons. The van der Waals surface area contributed by atoms with Crippen LogP contribution >= 0.6 is 0 Å². The molecule has 2 N–H and O–H groups in total. The fourth-order valence-corrected chi connectivity index (χ4v) is 3.06. The summed E-state index contributed by atoms with van der Waals surface area (Å²) in [7, 11) is 0. The summed E-state index contributed by atoms with van der Waals surface area (Å²) in [5.41, 5.74) is 0.807. The summed E-state index contributed by atoms with van der Waals surface area (Å²) in [5.74, 6) is 0. The van der Waals surface area contributed by atoms with Crippen LogP contribution in [0.25, 0.3) is 0 Å². The maximum atomic E-state index is 10.6. The van der Waals surface area contributed by atoms with E-state index in [2.05, 4.69) is 23.6 Å². The van der Waals surface area contributed by atoms with Crippen molar-refractivity contribution in [2.45, 2.75) is 20.0 Å². The number of aliphatic hydroxyl groups is 2. The minimum atomic E-state index is -0.450. The van der Waals surface area contributed by atoms with Crippen LogP contribution in [0.2, 0.25) is 0 Å². The number of benzene rings is 1. The molecule has 2 rings (SSSR count). The van der Waals surface area contributed by atoms with Gasteiger partial charge in [-0.05, 0) is 5.56 Å². The summed E-state index contributed by atoms with van der Waals surface area (Å²) < 4.78 is 0. The highest BCUT2D eigenvalue weighted by Gasteiger charge is 2.32. The average molecular weight is 292 g/mol. The van der Waals surface area contributed by atoms with Crippen LogP contribution in [0.15, 0.2) is 30.3 Å². The van der Waals surface area contributed by atoms with Crippen LogP contribution in [-0.2, 0) is 0 Å². The van der Waals surface area contributed by atoms with E-state index < -0.39 is 6.10 Å². The molecule has 0 spiro atoms. The highest BCUT2D eigenvalue weighted by Crippen LogP contribution is 2.34. The second-order valence-corrected chi connectivity index (χ2v) is 6.64. The molecule has 1 saturated heterocycles. The third-order valence-electron chi connectivity index (χ3n) is 4.37. The summed E-state index contributed by atoms with van der Waals surface area (Å²) in [6.45, 7) is 10.2. The quantitative estimate of drug-likeness (QED) is 0.831. The number of rotatable bonds is 6. The number of piperazine rings is 1. The Hall–Kier alpha value is -0.940. The van der Waals surface area contributed by atoms with E-state index in [-0.39, 0.29) is 12.0 Å². The molecule has 0 radical (unpaired) electrons. The Kier molecular flexibility index (Phi) is 5.76. The first kappa shape index (κ1) is 16.4. The molecule has 21 heavy (non-hydrogen) atoms. The van der Waals surface area contributed by atoms with E-state index in [0.29, 0.717) is 0 Å². The fourth-order valence-electron chi connectivity index (χ4n) is 3.06. The maximum absolute atomic E-state index is 10.6. The lowest BCUT2D eigenvalue weighted by atomic mass is 9.82. The molecular formula is C17H28N2O2. The predicted octanol–water partition coefficient (Wildman–Crippen LogP) is 1.36. The van der Waals surface area contributed by atoms with Gasteiger partial charge in [-0.3, -0.25) is 4.90 Å². The monoisotopic (exact) mass is 292 g/mol. The van der Waals surface area contributed by atoms with Crippen molar-refractivity contribution >= 4 is 0 Å². The van der Waals surface area contributed by atoms with Crippen molar-refractivity contribution in [3.05, 3.63) is 35.9 Å². The molecule has 1 fully saturated rings. The number of hydrogen-bond donors (Lipinski definition) is 2. The van der Waals surface area contributed by atoms with Gasteiger partial charge in [0.25, 0.3) is 0 Å². The van der Waals surface area contributed by atoms with Crippen molar-refractivity contribution in [1.29, 1.82) is 0 Å². The van der Waals surface area contributed by atoms with Crippen molar-refractivity contribution in [2.24, 2.45) is 5.41 Å². The topological polar surface area (TPSA) is 46.9 Å². The van der Waals surface area contributed by atoms with Gasteiger partial charge in [0.05, 0.1) is 12.7 Å². The Morgan fingerprint density at radius 3 is 2.19 bits per heavy atom. The van der Waals surface area contributed by atoms with Crippen LogP contribution in [0.3, 0.4) is 0 Å². The van der Waals surface area contributed by atoms with Gasteiger partial charge in [-0.15, -0.1) is 0 Å². The predicted molar refractivity (Wildman–Crippen MR) is 85.1 cm³/mol. The number of β-amino-alcohol motifs (C(OH)–C–C–N with tert-alkyl or cyclic N) is 1. The summed E-state index contributed by atoms with van der Waals surface area (Å²) in [4.78, 5) is 4.71. The lowest BCUT2D eigenvalue weighted by Crippen LogP contribution is -2.50. The molecule has 1 aliphatic rings. The van der Waals surface area contributed by atoms with Crippen molar-refractivity contribution in [1.82, 2.24) is 9.80 Å². The molecule has 1 aromatic carbocycles. The van der Waals surface area contributed by atoms with Crippen molar-refractivity contribution in [2.75, 3.05) is 45.9 Å². The van der Waals surface area contributed by atoms with Crippen LogP contribution in [0.4, 0.5) is 0 Å². The lowest BCUT2D eigenvalue weighted by Gasteiger charge is -2.40. The standard InChI is InChI=1S/C17H28N2O2/c1-17(2,16(21)15-6-4-3-5-7-15)14-19-10-8-18(9-11-19)12-13-20/h3-7,16,20-21H,8-14H2,1-2H3. The van der Waals surface area contributed by atoms with E-state index in [4.69, 9.17) is 5.11 Å². The van der Waals surface area contributed by atoms with Crippen molar-refractivity contribution < 1.29 is 10.2 Å². The molecule has 0 saturated carbocycles. The normalized spacial score (nSPS) is 19.6. The SMILES string of the molecule is CC(C)(CN1CCN(CCO)CC1)C(O)c1ccccc1. The van der Waals surface area contributed by atoms with Gasteiger partial charge < -0.3 is 15.1 Å². The Labute approximate surface area is 128 Å². The van der Waals surface area contributed by atoms with Gasteiger partial charge >= 0.3 is 0 Å². The zero-order valence-electron chi connectivity index (χ0n) is 13.2. The van der Waals surface area contributed by atoms with Crippen LogP contribution in [0, 0.1) is 5.41 Å². The zero-order valence-corrected chi connectivity index (χ0v) is 13.2. The molecule has 1 aliphatic heterocycles. The van der Waals surface area contributed by atoms with Gasteiger partial charge in [0.15, 0.2) is 0 Å². The first-order valence-corrected chi connectivity index (χ1v) is 7.81. The van der Waals surface area contributed by atoms with E-state index in [1.165, 1.54) is 0 Å². The zero-order chi connectivity index (χ0) is 15.3. The Morgan fingerprint density at radius 2 is 1.62 bits per heavy atom.